The predicted molar refractivity (Wildman–Crippen MR) is 110 cm³/mol. The summed E-state index contributed by atoms with van der Waals surface area (Å²) in [6, 6.07) is 10.5. The van der Waals surface area contributed by atoms with E-state index in [1.807, 2.05) is 12.3 Å². The Bertz CT molecular complexity index is 817. The molecule has 2 aliphatic rings. The van der Waals surface area contributed by atoms with E-state index in [1.54, 1.807) is 6.20 Å². The van der Waals surface area contributed by atoms with Crippen molar-refractivity contribution in [1.82, 2.24) is 4.98 Å². The highest BCUT2D eigenvalue weighted by atomic mass is 15.1. The first-order valence-corrected chi connectivity index (χ1v) is 9.61. The summed E-state index contributed by atoms with van der Waals surface area (Å²) in [5.74, 6) is 0. The van der Waals surface area contributed by atoms with Crippen molar-refractivity contribution >= 4 is 23.2 Å². The van der Waals surface area contributed by atoms with E-state index in [2.05, 4.69) is 40.2 Å². The summed E-state index contributed by atoms with van der Waals surface area (Å²) in [4.78, 5) is 11.4. The molecule has 4 rings (SSSR count). The quantitative estimate of drug-likeness (QED) is 0.842. The standard InChI is InChI=1S/C22H26N4/c23-20-15-17(8-9-21(20)26-12-2-1-3-13-26)14-18-6-5-11-25-22(18)19-7-4-10-24-16-19/h4,7-10,14-16H,1-3,5-6,11-13,23H2/b18-14+. The van der Waals surface area contributed by atoms with Crippen LogP contribution in [0.15, 0.2) is 53.3 Å². The maximum Gasteiger partial charge on any atom is 0.0694 e. The van der Waals surface area contributed by atoms with Crippen LogP contribution >= 0.6 is 0 Å². The first-order chi connectivity index (χ1) is 12.8. The van der Waals surface area contributed by atoms with Crippen LogP contribution in [-0.2, 0) is 0 Å². The van der Waals surface area contributed by atoms with E-state index in [-0.39, 0.29) is 0 Å². The average Bonchev–Trinajstić information content (AvgIpc) is 2.70. The molecule has 3 heterocycles. The highest BCUT2D eigenvalue weighted by Crippen LogP contribution is 2.29. The Morgan fingerprint density at radius 2 is 1.92 bits per heavy atom. The van der Waals surface area contributed by atoms with Crippen LogP contribution in [0.3, 0.4) is 0 Å². The highest BCUT2D eigenvalue weighted by Gasteiger charge is 2.16. The van der Waals surface area contributed by atoms with Crippen molar-refractivity contribution in [1.29, 1.82) is 0 Å². The van der Waals surface area contributed by atoms with Gasteiger partial charge in [-0.05, 0) is 73.6 Å². The fourth-order valence-electron chi connectivity index (χ4n) is 3.89. The van der Waals surface area contributed by atoms with Gasteiger partial charge in [0.1, 0.15) is 0 Å². The minimum absolute atomic E-state index is 0.872. The summed E-state index contributed by atoms with van der Waals surface area (Å²) in [6.45, 7) is 3.11. The Labute approximate surface area is 155 Å². The molecule has 26 heavy (non-hydrogen) atoms. The number of pyridine rings is 1. The molecule has 1 fully saturated rings. The van der Waals surface area contributed by atoms with Gasteiger partial charge in [0.25, 0.3) is 0 Å². The van der Waals surface area contributed by atoms with Gasteiger partial charge < -0.3 is 10.6 Å². The van der Waals surface area contributed by atoms with Crippen LogP contribution in [0.4, 0.5) is 11.4 Å². The molecule has 2 aromatic rings. The van der Waals surface area contributed by atoms with E-state index < -0.39 is 0 Å². The molecule has 0 aliphatic carbocycles. The monoisotopic (exact) mass is 346 g/mol. The molecule has 0 unspecified atom stereocenters. The second-order valence-corrected chi connectivity index (χ2v) is 7.11. The number of aromatic nitrogens is 1. The lowest BCUT2D eigenvalue weighted by atomic mass is 9.94. The van der Waals surface area contributed by atoms with Gasteiger partial charge in [0, 0.05) is 37.6 Å². The molecule has 1 aromatic heterocycles. The van der Waals surface area contributed by atoms with Crippen molar-refractivity contribution < 1.29 is 0 Å². The molecular formula is C22H26N4. The Balaban J connectivity index is 1.61. The maximum absolute atomic E-state index is 6.39. The van der Waals surface area contributed by atoms with Crippen LogP contribution in [0, 0.1) is 0 Å². The van der Waals surface area contributed by atoms with Crippen molar-refractivity contribution in [3.8, 4) is 0 Å². The number of aliphatic imine (C=N–C) groups is 1. The van der Waals surface area contributed by atoms with E-state index in [9.17, 15) is 0 Å². The fraction of sp³-hybridized carbons (Fsp3) is 0.364. The molecule has 1 saturated heterocycles. The van der Waals surface area contributed by atoms with Crippen LogP contribution in [0.1, 0.15) is 43.2 Å². The van der Waals surface area contributed by atoms with Gasteiger partial charge in [-0.25, -0.2) is 0 Å². The summed E-state index contributed by atoms with van der Waals surface area (Å²) in [5, 5.41) is 0. The molecular weight excluding hydrogens is 320 g/mol. The minimum atomic E-state index is 0.872. The fourth-order valence-corrected chi connectivity index (χ4v) is 3.89. The van der Waals surface area contributed by atoms with E-state index in [4.69, 9.17) is 10.7 Å². The number of hydrogen-bond acceptors (Lipinski definition) is 4. The van der Waals surface area contributed by atoms with E-state index in [0.717, 1.165) is 55.0 Å². The number of benzene rings is 1. The van der Waals surface area contributed by atoms with Gasteiger partial charge >= 0.3 is 0 Å². The zero-order chi connectivity index (χ0) is 17.8. The van der Waals surface area contributed by atoms with Crippen LogP contribution in [0.25, 0.3) is 6.08 Å². The molecule has 134 valence electrons. The van der Waals surface area contributed by atoms with Crippen LogP contribution < -0.4 is 10.6 Å². The largest absolute Gasteiger partial charge is 0.397 e. The van der Waals surface area contributed by atoms with E-state index >= 15 is 0 Å². The first kappa shape index (κ1) is 16.8. The van der Waals surface area contributed by atoms with Crippen molar-refractivity contribution in [2.24, 2.45) is 4.99 Å². The van der Waals surface area contributed by atoms with Crippen molar-refractivity contribution in [3.63, 3.8) is 0 Å². The topological polar surface area (TPSA) is 54.5 Å². The van der Waals surface area contributed by atoms with E-state index in [0.29, 0.717) is 0 Å². The van der Waals surface area contributed by atoms with Gasteiger partial charge in [0.05, 0.1) is 17.1 Å². The molecule has 0 radical (unpaired) electrons. The molecule has 4 nitrogen and oxygen atoms in total. The number of allylic oxidation sites excluding steroid dienone is 1. The molecule has 4 heteroatoms. The molecule has 0 atom stereocenters. The first-order valence-electron chi connectivity index (χ1n) is 9.61. The molecule has 0 bridgehead atoms. The summed E-state index contributed by atoms with van der Waals surface area (Å²) in [7, 11) is 0. The van der Waals surface area contributed by atoms with Gasteiger partial charge in [-0.15, -0.1) is 0 Å². The number of nitrogen functional groups attached to an aromatic ring is 1. The third kappa shape index (κ3) is 3.64. The number of anilines is 2. The van der Waals surface area contributed by atoms with Crippen LogP contribution in [0.2, 0.25) is 0 Å². The van der Waals surface area contributed by atoms with Gasteiger partial charge in [-0.1, -0.05) is 6.07 Å². The smallest absolute Gasteiger partial charge is 0.0694 e. The maximum atomic E-state index is 6.39. The van der Waals surface area contributed by atoms with Crippen molar-refractivity contribution in [3.05, 3.63) is 59.4 Å². The Morgan fingerprint density at radius 3 is 2.69 bits per heavy atom. The van der Waals surface area contributed by atoms with E-state index in [1.165, 1.54) is 30.5 Å². The third-order valence-corrected chi connectivity index (χ3v) is 5.20. The zero-order valence-corrected chi connectivity index (χ0v) is 15.2. The number of nitrogens with two attached hydrogens (primary N) is 1. The lowest BCUT2D eigenvalue weighted by molar-refractivity contribution is 0.578. The van der Waals surface area contributed by atoms with Crippen LogP contribution in [-0.4, -0.2) is 30.3 Å². The number of hydrogen-bond donors (Lipinski definition) is 1. The normalized spacial score (nSPS) is 19.5. The highest BCUT2D eigenvalue weighted by molar-refractivity contribution is 6.15. The zero-order valence-electron chi connectivity index (χ0n) is 15.2. The molecule has 0 saturated carbocycles. The molecule has 0 spiro atoms. The van der Waals surface area contributed by atoms with Gasteiger partial charge in [-0.3, -0.25) is 9.98 Å². The SMILES string of the molecule is Nc1cc(/C=C2\CCCN=C2c2cccnc2)ccc1N1CCCCC1. The van der Waals surface area contributed by atoms with Gasteiger partial charge in [0.2, 0.25) is 0 Å². The molecule has 0 amide bonds. The van der Waals surface area contributed by atoms with Gasteiger partial charge in [0.15, 0.2) is 0 Å². The van der Waals surface area contributed by atoms with Gasteiger partial charge in [-0.2, -0.15) is 0 Å². The summed E-state index contributed by atoms with van der Waals surface area (Å²) >= 11 is 0. The molecule has 2 N–H and O–H groups in total. The summed E-state index contributed by atoms with van der Waals surface area (Å²) in [6.07, 6.45) is 11.9. The lowest BCUT2D eigenvalue weighted by Gasteiger charge is -2.30. The second kappa shape index (κ2) is 7.73. The third-order valence-electron chi connectivity index (χ3n) is 5.20. The van der Waals surface area contributed by atoms with Crippen molar-refractivity contribution in [2.75, 3.05) is 30.3 Å². The Hall–Kier alpha value is -2.62. The molecule has 2 aliphatic heterocycles. The lowest BCUT2D eigenvalue weighted by Crippen LogP contribution is -2.30. The second-order valence-electron chi connectivity index (χ2n) is 7.11. The Morgan fingerprint density at radius 1 is 1.04 bits per heavy atom. The number of rotatable bonds is 3. The number of piperidine rings is 1. The summed E-state index contributed by atoms with van der Waals surface area (Å²) < 4.78 is 0. The minimum Gasteiger partial charge on any atom is -0.397 e. The number of nitrogens with zero attached hydrogens (tertiary/aromatic N) is 3. The summed E-state index contributed by atoms with van der Waals surface area (Å²) in [5.41, 5.74) is 13.0. The molecule has 1 aromatic carbocycles. The Kier molecular flexibility index (Phi) is 5.00. The predicted octanol–water partition coefficient (Wildman–Crippen LogP) is 4.32. The van der Waals surface area contributed by atoms with Crippen molar-refractivity contribution in [2.45, 2.75) is 32.1 Å². The van der Waals surface area contributed by atoms with Crippen LogP contribution in [0.5, 0.6) is 0 Å². The average molecular weight is 346 g/mol.